The maximum Gasteiger partial charge on any atom is 0.158 e. The quantitative estimate of drug-likeness (QED) is 0.762. The minimum atomic E-state index is 0.814. The van der Waals surface area contributed by atoms with Crippen molar-refractivity contribution in [1.29, 1.82) is 0 Å². The highest BCUT2D eigenvalue weighted by Gasteiger charge is 2.10. The van der Waals surface area contributed by atoms with Crippen LogP contribution in [0.2, 0.25) is 0 Å². The number of nitrogens with zero attached hydrogens (tertiary/aromatic N) is 3. The Morgan fingerprint density at radius 1 is 1.22 bits per heavy atom. The molecule has 90 valence electrons. The van der Waals surface area contributed by atoms with Crippen LogP contribution >= 0.6 is 0 Å². The van der Waals surface area contributed by atoms with Crippen LogP contribution in [0.3, 0.4) is 0 Å². The van der Waals surface area contributed by atoms with Crippen molar-refractivity contribution in [1.82, 2.24) is 19.7 Å². The van der Waals surface area contributed by atoms with E-state index in [2.05, 4.69) is 31.9 Å². The molecular formula is C14H14N4. The number of hydrogen-bond donors (Lipinski definition) is 1. The summed E-state index contributed by atoms with van der Waals surface area (Å²) in [4.78, 5) is 4.41. The summed E-state index contributed by atoms with van der Waals surface area (Å²) in [5.74, 6) is 0.925. The molecule has 0 atom stereocenters. The van der Waals surface area contributed by atoms with Crippen molar-refractivity contribution in [2.45, 2.75) is 13.5 Å². The molecule has 2 aromatic heterocycles. The standard InChI is InChI=1S/C14H14N4/c1-11-9-16-17-13(11)14-15-7-8-18(14)10-12-5-3-2-4-6-12/h2-9H,10H2,1H3,(H,16,17). The summed E-state index contributed by atoms with van der Waals surface area (Å²) in [5.41, 5.74) is 3.35. The second-order valence-electron chi connectivity index (χ2n) is 4.29. The van der Waals surface area contributed by atoms with Crippen molar-refractivity contribution in [2.24, 2.45) is 0 Å². The van der Waals surface area contributed by atoms with Gasteiger partial charge in [0.25, 0.3) is 0 Å². The van der Waals surface area contributed by atoms with Crippen molar-refractivity contribution in [3.05, 3.63) is 60.0 Å². The van der Waals surface area contributed by atoms with E-state index in [9.17, 15) is 0 Å². The molecule has 0 radical (unpaired) electrons. The van der Waals surface area contributed by atoms with Crippen LogP contribution in [-0.2, 0) is 6.54 Å². The van der Waals surface area contributed by atoms with E-state index in [1.165, 1.54) is 5.56 Å². The third-order valence-electron chi connectivity index (χ3n) is 2.96. The molecule has 0 aliphatic heterocycles. The maximum absolute atomic E-state index is 4.41. The first-order valence-electron chi connectivity index (χ1n) is 5.90. The number of rotatable bonds is 3. The van der Waals surface area contributed by atoms with Gasteiger partial charge in [0.05, 0.1) is 6.20 Å². The number of aromatic nitrogens is 4. The summed E-state index contributed by atoms with van der Waals surface area (Å²) in [7, 11) is 0. The van der Waals surface area contributed by atoms with Gasteiger partial charge in [0, 0.05) is 18.9 Å². The minimum absolute atomic E-state index is 0.814. The molecule has 3 rings (SSSR count). The van der Waals surface area contributed by atoms with Gasteiger partial charge in [-0.2, -0.15) is 5.10 Å². The van der Waals surface area contributed by atoms with Crippen LogP contribution in [0.25, 0.3) is 11.5 Å². The fourth-order valence-corrected chi connectivity index (χ4v) is 2.02. The van der Waals surface area contributed by atoms with Gasteiger partial charge in [-0.3, -0.25) is 5.10 Å². The maximum atomic E-state index is 4.41. The largest absolute Gasteiger partial charge is 0.325 e. The van der Waals surface area contributed by atoms with Gasteiger partial charge in [-0.05, 0) is 18.1 Å². The zero-order valence-corrected chi connectivity index (χ0v) is 10.2. The highest BCUT2D eigenvalue weighted by atomic mass is 15.2. The third kappa shape index (κ3) is 1.93. The Labute approximate surface area is 105 Å². The molecular weight excluding hydrogens is 224 g/mol. The fourth-order valence-electron chi connectivity index (χ4n) is 2.02. The average Bonchev–Trinajstić information content (AvgIpc) is 2.99. The van der Waals surface area contributed by atoms with Crippen LogP contribution in [0.4, 0.5) is 0 Å². The van der Waals surface area contributed by atoms with Gasteiger partial charge in [-0.25, -0.2) is 4.98 Å². The van der Waals surface area contributed by atoms with Crippen LogP contribution in [0.1, 0.15) is 11.1 Å². The van der Waals surface area contributed by atoms with Crippen molar-refractivity contribution < 1.29 is 0 Å². The molecule has 4 nitrogen and oxygen atoms in total. The molecule has 4 heteroatoms. The highest BCUT2D eigenvalue weighted by molar-refractivity contribution is 5.54. The van der Waals surface area contributed by atoms with Gasteiger partial charge < -0.3 is 4.57 Å². The number of imidazole rings is 1. The van der Waals surface area contributed by atoms with Crippen LogP contribution < -0.4 is 0 Å². The van der Waals surface area contributed by atoms with Gasteiger partial charge in [0.1, 0.15) is 5.69 Å². The number of hydrogen-bond acceptors (Lipinski definition) is 2. The van der Waals surface area contributed by atoms with Gasteiger partial charge in [0.2, 0.25) is 0 Å². The monoisotopic (exact) mass is 238 g/mol. The normalized spacial score (nSPS) is 10.7. The number of aromatic amines is 1. The lowest BCUT2D eigenvalue weighted by Gasteiger charge is -2.07. The molecule has 1 N–H and O–H groups in total. The number of H-pyrrole nitrogens is 1. The van der Waals surface area contributed by atoms with E-state index >= 15 is 0 Å². The Morgan fingerprint density at radius 2 is 2.06 bits per heavy atom. The predicted molar refractivity (Wildman–Crippen MR) is 70.1 cm³/mol. The highest BCUT2D eigenvalue weighted by Crippen LogP contribution is 2.19. The molecule has 0 spiro atoms. The Hall–Kier alpha value is -2.36. The van der Waals surface area contributed by atoms with Crippen LogP contribution in [0, 0.1) is 6.92 Å². The predicted octanol–water partition coefficient (Wildman–Crippen LogP) is 2.63. The molecule has 1 aromatic carbocycles. The third-order valence-corrected chi connectivity index (χ3v) is 2.96. The number of nitrogens with one attached hydrogen (secondary N) is 1. The molecule has 0 fully saturated rings. The Morgan fingerprint density at radius 3 is 2.78 bits per heavy atom. The van der Waals surface area contributed by atoms with Gasteiger partial charge >= 0.3 is 0 Å². The molecule has 0 saturated heterocycles. The molecule has 18 heavy (non-hydrogen) atoms. The van der Waals surface area contributed by atoms with E-state index < -0.39 is 0 Å². The van der Waals surface area contributed by atoms with E-state index in [4.69, 9.17) is 0 Å². The van der Waals surface area contributed by atoms with Crippen molar-refractivity contribution >= 4 is 0 Å². The molecule has 0 unspecified atom stereocenters. The number of benzene rings is 1. The first-order valence-corrected chi connectivity index (χ1v) is 5.90. The summed E-state index contributed by atoms with van der Waals surface area (Å²) >= 11 is 0. The van der Waals surface area contributed by atoms with E-state index in [-0.39, 0.29) is 0 Å². The second-order valence-corrected chi connectivity index (χ2v) is 4.29. The molecule has 2 heterocycles. The summed E-state index contributed by atoms with van der Waals surface area (Å²) < 4.78 is 2.12. The lowest BCUT2D eigenvalue weighted by atomic mass is 10.2. The molecule has 3 aromatic rings. The lowest BCUT2D eigenvalue weighted by Crippen LogP contribution is -2.01. The van der Waals surface area contributed by atoms with E-state index in [0.29, 0.717) is 0 Å². The Kier molecular flexibility index (Phi) is 2.68. The summed E-state index contributed by atoms with van der Waals surface area (Å²) in [6.07, 6.45) is 5.62. The van der Waals surface area contributed by atoms with Crippen molar-refractivity contribution in [3.63, 3.8) is 0 Å². The zero-order chi connectivity index (χ0) is 12.4. The Balaban J connectivity index is 1.96. The van der Waals surface area contributed by atoms with Crippen molar-refractivity contribution in [3.8, 4) is 11.5 Å². The first kappa shape index (κ1) is 10.8. The fraction of sp³-hybridized carbons (Fsp3) is 0.143. The number of aryl methyl sites for hydroxylation is 1. The lowest BCUT2D eigenvalue weighted by molar-refractivity contribution is 0.802. The average molecular weight is 238 g/mol. The molecule has 0 aliphatic carbocycles. The van der Waals surface area contributed by atoms with Crippen molar-refractivity contribution in [2.75, 3.05) is 0 Å². The topological polar surface area (TPSA) is 46.5 Å². The van der Waals surface area contributed by atoms with E-state index in [1.54, 1.807) is 0 Å². The Bertz CT molecular complexity index is 637. The second kappa shape index (κ2) is 4.49. The van der Waals surface area contributed by atoms with Gasteiger partial charge in [0.15, 0.2) is 5.82 Å². The molecule has 0 amide bonds. The summed E-state index contributed by atoms with van der Waals surface area (Å²) in [6, 6.07) is 10.4. The zero-order valence-electron chi connectivity index (χ0n) is 10.2. The van der Waals surface area contributed by atoms with Crippen LogP contribution in [0.15, 0.2) is 48.9 Å². The van der Waals surface area contributed by atoms with Crippen LogP contribution in [-0.4, -0.2) is 19.7 Å². The van der Waals surface area contributed by atoms with Crippen LogP contribution in [0.5, 0.6) is 0 Å². The van der Waals surface area contributed by atoms with E-state index in [1.807, 2.05) is 43.7 Å². The molecule has 0 saturated carbocycles. The minimum Gasteiger partial charge on any atom is -0.325 e. The molecule has 0 bridgehead atoms. The smallest absolute Gasteiger partial charge is 0.158 e. The summed E-state index contributed by atoms with van der Waals surface area (Å²) in [5, 5.41) is 7.05. The van der Waals surface area contributed by atoms with Gasteiger partial charge in [-0.1, -0.05) is 30.3 Å². The summed E-state index contributed by atoms with van der Waals surface area (Å²) in [6.45, 7) is 2.84. The molecule has 0 aliphatic rings. The van der Waals surface area contributed by atoms with Gasteiger partial charge in [-0.15, -0.1) is 0 Å². The van der Waals surface area contributed by atoms with E-state index in [0.717, 1.165) is 23.6 Å². The SMILES string of the molecule is Cc1cn[nH]c1-c1nccn1Cc1ccccc1. The first-order chi connectivity index (χ1) is 8.84.